The molecule has 0 amide bonds. The van der Waals surface area contributed by atoms with Gasteiger partial charge in [-0.2, -0.15) is 0 Å². The van der Waals surface area contributed by atoms with Gasteiger partial charge in [0.1, 0.15) is 0 Å². The van der Waals surface area contributed by atoms with E-state index in [1.54, 1.807) is 60.7 Å². The van der Waals surface area contributed by atoms with Gasteiger partial charge in [0.15, 0.2) is 17.3 Å². The van der Waals surface area contributed by atoms with Crippen LogP contribution in [0.5, 0.6) is 11.5 Å². The topological polar surface area (TPSA) is 81.7 Å². The molecule has 1 N–H and O–H groups in total. The summed E-state index contributed by atoms with van der Waals surface area (Å²) >= 11 is 0. The van der Waals surface area contributed by atoms with Crippen molar-refractivity contribution >= 4 is 17.7 Å². The lowest BCUT2D eigenvalue weighted by Gasteiger charge is -2.20. The summed E-state index contributed by atoms with van der Waals surface area (Å²) in [6.45, 7) is 7.90. The lowest BCUT2D eigenvalue weighted by Crippen LogP contribution is -2.39. The zero-order chi connectivity index (χ0) is 24.0. The number of Topliss-reactive ketones (excluding diaryl/α,β-unsaturated/α-hetero) is 1. The molecule has 170 valence electrons. The van der Waals surface area contributed by atoms with Gasteiger partial charge in [0, 0.05) is 11.1 Å². The number of ether oxygens (including phenoxy) is 2. The number of carbonyl (C=O) groups excluding carboxylic acids is 3. The van der Waals surface area contributed by atoms with Gasteiger partial charge in [-0.15, -0.1) is 0 Å². The normalized spacial score (nSPS) is 11.0. The van der Waals surface area contributed by atoms with Crippen LogP contribution in [0.2, 0.25) is 0 Å². The molecule has 0 aliphatic heterocycles. The monoisotopic (exact) mass is 445 g/mol. The molecule has 0 spiro atoms. The van der Waals surface area contributed by atoms with Gasteiger partial charge in [0.2, 0.25) is 0 Å². The van der Waals surface area contributed by atoms with Crippen molar-refractivity contribution in [3.63, 3.8) is 0 Å². The van der Waals surface area contributed by atoms with Crippen molar-refractivity contribution in [1.82, 2.24) is 5.32 Å². The molecular weight excluding hydrogens is 418 g/mol. The average molecular weight is 446 g/mol. The first-order chi connectivity index (χ1) is 15.6. The SMILES string of the molecule is Cc1ccc(C(=O)Oc2cc(C(=O)CNC(C)(C)C)ccc2OC(=O)c2ccccc2)cc1. The van der Waals surface area contributed by atoms with Crippen LogP contribution in [0, 0.1) is 6.92 Å². The van der Waals surface area contributed by atoms with Crippen LogP contribution in [-0.4, -0.2) is 29.8 Å². The van der Waals surface area contributed by atoms with Gasteiger partial charge in [0.25, 0.3) is 0 Å². The van der Waals surface area contributed by atoms with Crippen molar-refractivity contribution < 1.29 is 23.9 Å². The lowest BCUT2D eigenvalue weighted by atomic mass is 10.1. The first kappa shape index (κ1) is 23.9. The minimum Gasteiger partial charge on any atom is -0.419 e. The lowest BCUT2D eigenvalue weighted by molar-refractivity contribution is 0.0682. The number of benzene rings is 3. The highest BCUT2D eigenvalue weighted by molar-refractivity contribution is 5.99. The number of esters is 2. The number of hydrogen-bond acceptors (Lipinski definition) is 6. The van der Waals surface area contributed by atoms with E-state index in [2.05, 4.69) is 5.32 Å². The molecular formula is C27H27NO5. The van der Waals surface area contributed by atoms with Crippen molar-refractivity contribution in [3.8, 4) is 11.5 Å². The molecule has 0 bridgehead atoms. The third-order valence-electron chi connectivity index (χ3n) is 4.75. The summed E-state index contributed by atoms with van der Waals surface area (Å²) in [7, 11) is 0. The van der Waals surface area contributed by atoms with E-state index in [9.17, 15) is 14.4 Å². The molecule has 0 aliphatic carbocycles. The highest BCUT2D eigenvalue weighted by Crippen LogP contribution is 2.30. The Morgan fingerprint density at radius 1 is 0.727 bits per heavy atom. The van der Waals surface area contributed by atoms with E-state index in [1.165, 1.54) is 12.1 Å². The van der Waals surface area contributed by atoms with Gasteiger partial charge < -0.3 is 14.8 Å². The summed E-state index contributed by atoms with van der Waals surface area (Å²) < 4.78 is 11.0. The summed E-state index contributed by atoms with van der Waals surface area (Å²) in [6.07, 6.45) is 0. The Hall–Kier alpha value is -3.77. The number of rotatable bonds is 7. The average Bonchev–Trinajstić information content (AvgIpc) is 2.79. The standard InChI is InChI=1S/C27H27NO5/c1-18-10-12-20(13-11-18)26(31)33-24-16-21(22(29)17-28-27(2,3)4)14-15-23(24)32-25(30)19-8-6-5-7-9-19/h5-16,28H,17H2,1-4H3. The van der Waals surface area contributed by atoms with E-state index in [4.69, 9.17) is 9.47 Å². The van der Waals surface area contributed by atoms with E-state index >= 15 is 0 Å². The van der Waals surface area contributed by atoms with Crippen molar-refractivity contribution in [2.75, 3.05) is 6.54 Å². The van der Waals surface area contributed by atoms with Crippen LogP contribution in [0.15, 0.2) is 72.8 Å². The molecule has 3 aromatic rings. The third kappa shape index (κ3) is 6.85. The number of hydrogen-bond donors (Lipinski definition) is 1. The maximum Gasteiger partial charge on any atom is 0.343 e. The smallest absolute Gasteiger partial charge is 0.343 e. The van der Waals surface area contributed by atoms with Crippen LogP contribution >= 0.6 is 0 Å². The fraction of sp³-hybridized carbons (Fsp3) is 0.222. The molecule has 0 saturated carbocycles. The molecule has 0 unspecified atom stereocenters. The van der Waals surface area contributed by atoms with Crippen LogP contribution < -0.4 is 14.8 Å². The minimum atomic E-state index is -0.621. The highest BCUT2D eigenvalue weighted by atomic mass is 16.6. The number of carbonyl (C=O) groups is 3. The highest BCUT2D eigenvalue weighted by Gasteiger charge is 2.20. The summed E-state index contributed by atoms with van der Waals surface area (Å²) in [5, 5.41) is 3.14. The Morgan fingerprint density at radius 3 is 1.88 bits per heavy atom. The molecule has 6 heteroatoms. The Balaban J connectivity index is 1.89. The predicted molar refractivity (Wildman–Crippen MR) is 126 cm³/mol. The molecule has 0 atom stereocenters. The van der Waals surface area contributed by atoms with E-state index < -0.39 is 11.9 Å². The van der Waals surface area contributed by atoms with Crippen LogP contribution in [-0.2, 0) is 0 Å². The van der Waals surface area contributed by atoms with Gasteiger partial charge in [-0.25, -0.2) is 9.59 Å². The fourth-order valence-electron chi connectivity index (χ4n) is 2.87. The van der Waals surface area contributed by atoms with Gasteiger partial charge in [-0.05, 0) is 70.2 Å². The molecule has 3 aromatic carbocycles. The first-order valence-electron chi connectivity index (χ1n) is 10.6. The zero-order valence-electron chi connectivity index (χ0n) is 19.2. The molecule has 6 nitrogen and oxygen atoms in total. The number of aryl methyl sites for hydroxylation is 1. The van der Waals surface area contributed by atoms with Gasteiger partial charge in [0.05, 0.1) is 17.7 Å². The van der Waals surface area contributed by atoms with Crippen LogP contribution in [0.4, 0.5) is 0 Å². The summed E-state index contributed by atoms with van der Waals surface area (Å²) in [5.74, 6) is -1.37. The summed E-state index contributed by atoms with van der Waals surface area (Å²) in [6, 6.07) is 19.8. The Kier molecular flexibility index (Phi) is 7.41. The van der Waals surface area contributed by atoms with E-state index in [-0.39, 0.29) is 29.4 Å². The van der Waals surface area contributed by atoms with Gasteiger partial charge >= 0.3 is 11.9 Å². The molecule has 0 aliphatic rings. The molecule has 0 heterocycles. The predicted octanol–water partition coefficient (Wildman–Crippen LogP) is 5.00. The summed E-state index contributed by atoms with van der Waals surface area (Å²) in [4.78, 5) is 37.9. The third-order valence-corrected chi connectivity index (χ3v) is 4.75. The second-order valence-corrected chi connectivity index (χ2v) is 8.70. The number of nitrogens with one attached hydrogen (secondary N) is 1. The van der Waals surface area contributed by atoms with Crippen molar-refractivity contribution in [3.05, 3.63) is 95.1 Å². The fourth-order valence-corrected chi connectivity index (χ4v) is 2.87. The largest absolute Gasteiger partial charge is 0.419 e. The van der Waals surface area contributed by atoms with Crippen LogP contribution in [0.25, 0.3) is 0 Å². The molecule has 0 radical (unpaired) electrons. The van der Waals surface area contributed by atoms with Crippen molar-refractivity contribution in [2.24, 2.45) is 0 Å². The van der Waals surface area contributed by atoms with Crippen molar-refractivity contribution in [1.29, 1.82) is 0 Å². The minimum absolute atomic E-state index is 0.00790. The molecule has 0 fully saturated rings. The van der Waals surface area contributed by atoms with Gasteiger partial charge in [-0.3, -0.25) is 4.79 Å². The maximum absolute atomic E-state index is 12.7. The van der Waals surface area contributed by atoms with Gasteiger partial charge in [-0.1, -0.05) is 35.9 Å². The Bertz CT molecular complexity index is 1150. The summed E-state index contributed by atoms with van der Waals surface area (Å²) in [5.41, 5.74) is 1.79. The Morgan fingerprint density at radius 2 is 1.27 bits per heavy atom. The van der Waals surface area contributed by atoms with E-state index in [1.807, 2.05) is 27.7 Å². The van der Waals surface area contributed by atoms with Crippen molar-refractivity contribution in [2.45, 2.75) is 33.2 Å². The second-order valence-electron chi connectivity index (χ2n) is 8.70. The zero-order valence-corrected chi connectivity index (χ0v) is 19.2. The quantitative estimate of drug-likeness (QED) is 0.313. The van der Waals surface area contributed by atoms with Crippen LogP contribution in [0.1, 0.15) is 57.4 Å². The Labute approximate surface area is 193 Å². The van der Waals surface area contributed by atoms with E-state index in [0.29, 0.717) is 16.7 Å². The first-order valence-corrected chi connectivity index (χ1v) is 10.6. The molecule has 0 saturated heterocycles. The molecule has 33 heavy (non-hydrogen) atoms. The molecule has 3 rings (SSSR count). The second kappa shape index (κ2) is 10.2. The van der Waals surface area contributed by atoms with E-state index in [0.717, 1.165) is 5.56 Å². The maximum atomic E-state index is 12.7. The number of ketones is 1. The molecule has 0 aromatic heterocycles. The van der Waals surface area contributed by atoms with Crippen LogP contribution in [0.3, 0.4) is 0 Å².